The summed E-state index contributed by atoms with van der Waals surface area (Å²) in [6.45, 7) is 3.57. The lowest BCUT2D eigenvalue weighted by Gasteiger charge is -2.11. The van der Waals surface area contributed by atoms with Crippen LogP contribution in [0.15, 0.2) is 34.7 Å². The molecule has 6 nitrogen and oxygen atoms in total. The number of oxazole rings is 1. The van der Waals surface area contributed by atoms with Crippen molar-refractivity contribution in [2.75, 3.05) is 0 Å². The highest BCUT2D eigenvalue weighted by molar-refractivity contribution is 5.83. The third kappa shape index (κ3) is 4.42. The van der Waals surface area contributed by atoms with Crippen molar-refractivity contribution in [3.63, 3.8) is 0 Å². The van der Waals surface area contributed by atoms with E-state index in [0.29, 0.717) is 24.5 Å². The van der Waals surface area contributed by atoms with E-state index in [-0.39, 0.29) is 12.3 Å². The summed E-state index contributed by atoms with van der Waals surface area (Å²) in [5.41, 5.74) is 1.70. The molecule has 6 heteroatoms. The minimum Gasteiger partial charge on any atom is -0.480 e. The van der Waals surface area contributed by atoms with Gasteiger partial charge in [-0.3, -0.25) is 4.79 Å². The first-order chi connectivity index (χ1) is 11.0. The van der Waals surface area contributed by atoms with E-state index in [4.69, 9.17) is 9.52 Å². The van der Waals surface area contributed by atoms with Crippen LogP contribution in [0.4, 0.5) is 0 Å². The fourth-order valence-electron chi connectivity index (χ4n) is 2.24. The monoisotopic (exact) mass is 316 g/mol. The van der Waals surface area contributed by atoms with Crippen LogP contribution in [0.25, 0.3) is 11.3 Å². The van der Waals surface area contributed by atoms with Crippen molar-refractivity contribution >= 4 is 11.9 Å². The van der Waals surface area contributed by atoms with Crippen molar-refractivity contribution in [2.24, 2.45) is 0 Å². The van der Waals surface area contributed by atoms with E-state index < -0.39 is 12.0 Å². The molecule has 0 aliphatic rings. The van der Waals surface area contributed by atoms with Crippen molar-refractivity contribution in [2.45, 2.75) is 39.2 Å². The SMILES string of the molecule is CCC(NC(=O)CCc1nc(C)c(-c2ccccc2)o1)C(=O)O. The van der Waals surface area contributed by atoms with E-state index in [1.165, 1.54) is 0 Å². The summed E-state index contributed by atoms with van der Waals surface area (Å²) in [6, 6.07) is 8.77. The first-order valence-electron chi connectivity index (χ1n) is 7.55. The zero-order valence-electron chi connectivity index (χ0n) is 13.2. The number of amides is 1. The average molecular weight is 316 g/mol. The Morgan fingerprint density at radius 3 is 2.61 bits per heavy atom. The number of carboxylic acids is 1. The maximum atomic E-state index is 11.8. The third-order valence-corrected chi connectivity index (χ3v) is 3.48. The molecule has 23 heavy (non-hydrogen) atoms. The van der Waals surface area contributed by atoms with Gasteiger partial charge in [0.25, 0.3) is 0 Å². The van der Waals surface area contributed by atoms with E-state index >= 15 is 0 Å². The van der Waals surface area contributed by atoms with Crippen LogP contribution in [-0.4, -0.2) is 28.0 Å². The van der Waals surface area contributed by atoms with E-state index in [2.05, 4.69) is 10.3 Å². The number of rotatable bonds is 7. The smallest absolute Gasteiger partial charge is 0.326 e. The molecule has 0 fully saturated rings. The Morgan fingerprint density at radius 1 is 1.30 bits per heavy atom. The van der Waals surface area contributed by atoms with Gasteiger partial charge in [-0.2, -0.15) is 0 Å². The van der Waals surface area contributed by atoms with E-state index in [0.717, 1.165) is 11.3 Å². The number of aromatic nitrogens is 1. The maximum Gasteiger partial charge on any atom is 0.326 e. The van der Waals surface area contributed by atoms with Gasteiger partial charge in [-0.25, -0.2) is 9.78 Å². The molecule has 0 saturated heterocycles. The maximum absolute atomic E-state index is 11.8. The molecular weight excluding hydrogens is 296 g/mol. The van der Waals surface area contributed by atoms with E-state index in [1.807, 2.05) is 37.3 Å². The molecule has 0 spiro atoms. The Labute approximate surface area is 134 Å². The number of hydrogen-bond acceptors (Lipinski definition) is 4. The van der Waals surface area contributed by atoms with E-state index in [1.54, 1.807) is 6.92 Å². The van der Waals surface area contributed by atoms with Crippen LogP contribution < -0.4 is 5.32 Å². The summed E-state index contributed by atoms with van der Waals surface area (Å²) in [4.78, 5) is 27.0. The number of nitrogens with zero attached hydrogens (tertiary/aromatic N) is 1. The molecule has 1 unspecified atom stereocenters. The van der Waals surface area contributed by atoms with Crippen molar-refractivity contribution in [3.8, 4) is 11.3 Å². The standard InChI is InChI=1S/C17H20N2O4/c1-3-13(17(21)22)19-14(20)9-10-15-18-11(2)16(23-15)12-7-5-4-6-8-12/h4-8,13H,3,9-10H2,1-2H3,(H,19,20)(H,21,22). The van der Waals surface area contributed by atoms with Crippen LogP contribution in [0.1, 0.15) is 31.4 Å². The summed E-state index contributed by atoms with van der Waals surface area (Å²) in [5.74, 6) is -0.187. The molecule has 0 aliphatic carbocycles. The second-order valence-corrected chi connectivity index (χ2v) is 5.25. The summed E-state index contributed by atoms with van der Waals surface area (Å²) < 4.78 is 5.72. The molecule has 1 aromatic heterocycles. The number of aryl methyl sites for hydroxylation is 2. The number of carboxylic acid groups (broad SMARTS) is 1. The first-order valence-corrected chi connectivity index (χ1v) is 7.55. The Bertz CT molecular complexity index is 679. The predicted octanol–water partition coefficient (Wildman–Crippen LogP) is 2.56. The third-order valence-electron chi connectivity index (χ3n) is 3.48. The zero-order chi connectivity index (χ0) is 16.8. The molecule has 0 radical (unpaired) electrons. The van der Waals surface area contributed by atoms with Crippen molar-refractivity contribution in [1.82, 2.24) is 10.3 Å². The second-order valence-electron chi connectivity index (χ2n) is 5.25. The van der Waals surface area contributed by atoms with Crippen molar-refractivity contribution < 1.29 is 19.1 Å². The molecule has 1 aromatic carbocycles. The number of benzene rings is 1. The highest BCUT2D eigenvalue weighted by atomic mass is 16.4. The van der Waals surface area contributed by atoms with Crippen LogP contribution in [0.5, 0.6) is 0 Å². The molecule has 1 heterocycles. The fraction of sp³-hybridized carbons (Fsp3) is 0.353. The van der Waals surface area contributed by atoms with Gasteiger partial charge in [0.2, 0.25) is 5.91 Å². The second kappa shape index (κ2) is 7.58. The molecule has 2 N–H and O–H groups in total. The Kier molecular flexibility index (Phi) is 5.51. The normalized spacial score (nSPS) is 11.9. The highest BCUT2D eigenvalue weighted by Gasteiger charge is 2.18. The van der Waals surface area contributed by atoms with E-state index in [9.17, 15) is 9.59 Å². The fourth-order valence-corrected chi connectivity index (χ4v) is 2.24. The van der Waals surface area contributed by atoms with Crippen LogP contribution >= 0.6 is 0 Å². The Hall–Kier alpha value is -2.63. The van der Waals surface area contributed by atoms with Crippen molar-refractivity contribution in [3.05, 3.63) is 41.9 Å². The Balaban J connectivity index is 1.97. The predicted molar refractivity (Wildman–Crippen MR) is 84.9 cm³/mol. The van der Waals surface area contributed by atoms with Gasteiger partial charge in [-0.05, 0) is 13.3 Å². The minimum absolute atomic E-state index is 0.137. The van der Waals surface area contributed by atoms with Gasteiger partial charge >= 0.3 is 5.97 Å². The van der Waals surface area contributed by atoms with Gasteiger partial charge in [0.05, 0.1) is 5.69 Å². The molecule has 0 bridgehead atoms. The van der Waals surface area contributed by atoms with Gasteiger partial charge < -0.3 is 14.8 Å². The van der Waals surface area contributed by atoms with Gasteiger partial charge in [-0.1, -0.05) is 37.3 Å². The number of carbonyl (C=O) groups excluding carboxylic acids is 1. The largest absolute Gasteiger partial charge is 0.480 e. The van der Waals surface area contributed by atoms with Crippen LogP contribution in [0.2, 0.25) is 0 Å². The molecule has 2 aromatic rings. The molecule has 1 amide bonds. The summed E-state index contributed by atoms with van der Waals surface area (Å²) >= 11 is 0. The lowest BCUT2D eigenvalue weighted by atomic mass is 10.1. The van der Waals surface area contributed by atoms with Crippen molar-refractivity contribution in [1.29, 1.82) is 0 Å². The minimum atomic E-state index is -1.03. The van der Waals surface area contributed by atoms with Crippen LogP contribution in [0, 0.1) is 6.92 Å². The zero-order valence-corrected chi connectivity index (χ0v) is 13.2. The Morgan fingerprint density at radius 2 is 2.00 bits per heavy atom. The van der Waals surface area contributed by atoms with Crippen LogP contribution in [0.3, 0.4) is 0 Å². The highest BCUT2D eigenvalue weighted by Crippen LogP contribution is 2.24. The molecule has 0 saturated carbocycles. The molecule has 1 atom stereocenters. The van der Waals surface area contributed by atoms with Gasteiger partial charge in [0, 0.05) is 18.4 Å². The lowest BCUT2D eigenvalue weighted by molar-refractivity contribution is -0.141. The number of carbonyl (C=O) groups is 2. The number of aliphatic carboxylic acids is 1. The number of hydrogen-bond donors (Lipinski definition) is 2. The van der Waals surface area contributed by atoms with Gasteiger partial charge in [0.15, 0.2) is 11.7 Å². The lowest BCUT2D eigenvalue weighted by Crippen LogP contribution is -2.40. The summed E-state index contributed by atoms with van der Waals surface area (Å²) in [5, 5.41) is 11.4. The van der Waals surface area contributed by atoms with Crippen LogP contribution in [-0.2, 0) is 16.0 Å². The molecular formula is C17H20N2O4. The van der Waals surface area contributed by atoms with Gasteiger partial charge in [-0.15, -0.1) is 0 Å². The summed E-state index contributed by atoms with van der Waals surface area (Å²) in [6.07, 6.45) is 0.810. The molecule has 2 rings (SSSR count). The quantitative estimate of drug-likeness (QED) is 0.819. The topological polar surface area (TPSA) is 92.4 Å². The van der Waals surface area contributed by atoms with Gasteiger partial charge in [0.1, 0.15) is 6.04 Å². The molecule has 0 aliphatic heterocycles. The number of nitrogens with one attached hydrogen (secondary N) is 1. The first kappa shape index (κ1) is 16.7. The molecule has 122 valence electrons. The average Bonchev–Trinajstić information content (AvgIpc) is 2.92. The summed E-state index contributed by atoms with van der Waals surface area (Å²) in [7, 11) is 0.